The average Bonchev–Trinajstić information content (AvgIpc) is 3.93. The zero-order chi connectivity index (χ0) is 40.3. The molecule has 0 aliphatic carbocycles. The number of oxazole rings is 1. The predicted molar refractivity (Wildman–Crippen MR) is 253 cm³/mol. The Bertz CT molecular complexity index is 3590. The van der Waals surface area contributed by atoms with Gasteiger partial charge >= 0.3 is 0 Å². The van der Waals surface area contributed by atoms with Crippen LogP contribution in [-0.4, -0.2) is 4.98 Å². The summed E-state index contributed by atoms with van der Waals surface area (Å²) in [6.45, 7) is 0. The second-order valence-electron chi connectivity index (χ2n) is 15.5. The second-order valence-corrected chi connectivity index (χ2v) is 15.5. The maximum Gasteiger partial charge on any atom is 0.227 e. The first-order chi connectivity index (χ1) is 30.2. The minimum absolute atomic E-state index is 0.553. The summed E-state index contributed by atoms with van der Waals surface area (Å²) in [7, 11) is 0. The highest BCUT2D eigenvalue weighted by Crippen LogP contribution is 2.49. The molecular weight excluding hydrogens is 745 g/mol. The first-order valence-electron chi connectivity index (χ1n) is 20.6. The fraction of sp³-hybridized carbons (Fsp3) is 0. The lowest BCUT2D eigenvalue weighted by Crippen LogP contribution is -2.11. The number of fused-ring (bicyclic) bond motifs is 6. The lowest BCUT2D eigenvalue weighted by atomic mass is 9.92. The van der Waals surface area contributed by atoms with Gasteiger partial charge in [-0.1, -0.05) is 158 Å². The fourth-order valence-electron chi connectivity index (χ4n) is 8.88. The van der Waals surface area contributed by atoms with Crippen molar-refractivity contribution in [2.45, 2.75) is 0 Å². The van der Waals surface area contributed by atoms with E-state index >= 15 is 0 Å². The lowest BCUT2D eigenvalue weighted by molar-refractivity contribution is 0.620. The maximum absolute atomic E-state index is 6.92. The van der Waals surface area contributed by atoms with Gasteiger partial charge in [0, 0.05) is 28.4 Å². The van der Waals surface area contributed by atoms with Crippen molar-refractivity contribution in [1.29, 1.82) is 0 Å². The summed E-state index contributed by atoms with van der Waals surface area (Å²) in [5.74, 6) is 0.553. The first kappa shape index (κ1) is 34.8. The van der Waals surface area contributed by atoms with E-state index in [4.69, 9.17) is 13.8 Å². The molecule has 0 fully saturated rings. The maximum atomic E-state index is 6.92. The molecule has 0 amide bonds. The third-order valence-corrected chi connectivity index (χ3v) is 11.9. The zero-order valence-electron chi connectivity index (χ0n) is 33.0. The van der Waals surface area contributed by atoms with Gasteiger partial charge in [0.1, 0.15) is 22.4 Å². The number of anilines is 3. The van der Waals surface area contributed by atoms with Crippen LogP contribution in [0.15, 0.2) is 227 Å². The molecule has 12 rings (SSSR count). The molecule has 0 saturated carbocycles. The minimum Gasteiger partial charge on any atom is -0.456 e. The Labute approximate surface area is 352 Å². The molecule has 10 aromatic carbocycles. The Morgan fingerprint density at radius 2 is 0.951 bits per heavy atom. The molecule has 0 saturated heterocycles. The van der Waals surface area contributed by atoms with Crippen molar-refractivity contribution < 1.29 is 8.83 Å². The number of nitrogens with zero attached hydrogens (tertiary/aromatic N) is 2. The Kier molecular flexibility index (Phi) is 8.13. The molecule has 286 valence electrons. The van der Waals surface area contributed by atoms with Gasteiger partial charge in [0.25, 0.3) is 0 Å². The monoisotopic (exact) mass is 780 g/mol. The van der Waals surface area contributed by atoms with Gasteiger partial charge in [0.15, 0.2) is 5.58 Å². The smallest absolute Gasteiger partial charge is 0.227 e. The van der Waals surface area contributed by atoms with Crippen LogP contribution in [0.1, 0.15) is 0 Å². The first-order valence-corrected chi connectivity index (χ1v) is 20.6. The van der Waals surface area contributed by atoms with Crippen molar-refractivity contribution in [2.75, 3.05) is 4.90 Å². The van der Waals surface area contributed by atoms with E-state index in [-0.39, 0.29) is 0 Å². The quantitative estimate of drug-likeness (QED) is 0.162. The van der Waals surface area contributed by atoms with E-state index in [1.807, 2.05) is 48.5 Å². The predicted octanol–water partition coefficient (Wildman–Crippen LogP) is 16.2. The van der Waals surface area contributed by atoms with Crippen molar-refractivity contribution in [1.82, 2.24) is 4.98 Å². The van der Waals surface area contributed by atoms with Crippen molar-refractivity contribution in [3.8, 4) is 44.8 Å². The largest absolute Gasteiger partial charge is 0.456 e. The molecule has 0 N–H and O–H groups in total. The van der Waals surface area contributed by atoms with Gasteiger partial charge < -0.3 is 13.7 Å². The van der Waals surface area contributed by atoms with E-state index in [0.717, 1.165) is 77.9 Å². The van der Waals surface area contributed by atoms with Gasteiger partial charge in [-0.25, -0.2) is 4.98 Å². The number of para-hydroxylation sites is 1. The number of rotatable bonds is 7. The Balaban J connectivity index is 1.13. The number of benzene rings is 10. The highest BCUT2D eigenvalue weighted by Gasteiger charge is 2.27. The van der Waals surface area contributed by atoms with Crippen LogP contribution in [0.2, 0.25) is 0 Å². The van der Waals surface area contributed by atoms with Crippen LogP contribution in [0, 0.1) is 0 Å². The summed E-state index contributed by atoms with van der Waals surface area (Å²) in [5, 5.41) is 6.82. The molecule has 0 spiro atoms. The van der Waals surface area contributed by atoms with Crippen LogP contribution < -0.4 is 4.90 Å². The molecular formula is C57H36N2O2. The van der Waals surface area contributed by atoms with Crippen LogP contribution in [0.25, 0.3) is 99.4 Å². The van der Waals surface area contributed by atoms with Crippen molar-refractivity contribution in [2.24, 2.45) is 0 Å². The Morgan fingerprint density at radius 3 is 1.69 bits per heavy atom. The van der Waals surface area contributed by atoms with E-state index in [0.29, 0.717) is 17.0 Å². The normalized spacial score (nSPS) is 11.6. The molecule has 0 aliphatic rings. The van der Waals surface area contributed by atoms with Crippen LogP contribution in [0.4, 0.5) is 17.1 Å². The fourth-order valence-corrected chi connectivity index (χ4v) is 8.88. The lowest BCUT2D eigenvalue weighted by Gasteiger charge is -2.27. The molecule has 0 bridgehead atoms. The van der Waals surface area contributed by atoms with Crippen LogP contribution in [-0.2, 0) is 0 Å². The van der Waals surface area contributed by atoms with Gasteiger partial charge in [-0.05, 0) is 110 Å². The number of hydrogen-bond acceptors (Lipinski definition) is 4. The van der Waals surface area contributed by atoms with Gasteiger partial charge in [-0.2, -0.15) is 0 Å². The van der Waals surface area contributed by atoms with Crippen molar-refractivity contribution in [3.05, 3.63) is 218 Å². The SMILES string of the molecule is c1ccc(-c2nc3cc4oc5ccccc5c4c(N(c4ccc(-c5ccc6ccccc6c5)cc4)c4ccc(-c5ccc6ccccc6c5)c(-c5ccccc5)c4)c3o2)cc1. The van der Waals surface area contributed by atoms with E-state index in [1.54, 1.807) is 0 Å². The molecule has 2 heterocycles. The molecule has 0 aliphatic heterocycles. The van der Waals surface area contributed by atoms with Crippen molar-refractivity contribution in [3.63, 3.8) is 0 Å². The summed E-state index contributed by atoms with van der Waals surface area (Å²) in [6.07, 6.45) is 0. The number of aromatic nitrogens is 1. The summed E-state index contributed by atoms with van der Waals surface area (Å²) in [4.78, 5) is 7.43. The summed E-state index contributed by atoms with van der Waals surface area (Å²) < 4.78 is 13.6. The molecule has 0 radical (unpaired) electrons. The Hall–Kier alpha value is -8.21. The Morgan fingerprint density at radius 1 is 0.361 bits per heavy atom. The molecule has 4 nitrogen and oxygen atoms in total. The zero-order valence-corrected chi connectivity index (χ0v) is 33.0. The van der Waals surface area contributed by atoms with E-state index in [1.165, 1.54) is 21.5 Å². The molecule has 0 atom stereocenters. The van der Waals surface area contributed by atoms with Gasteiger partial charge in [0.2, 0.25) is 5.89 Å². The van der Waals surface area contributed by atoms with Gasteiger partial charge in [0.05, 0.1) is 5.39 Å². The van der Waals surface area contributed by atoms with Crippen LogP contribution >= 0.6 is 0 Å². The second kappa shape index (κ2) is 14.3. The van der Waals surface area contributed by atoms with E-state index in [2.05, 4.69) is 175 Å². The number of hydrogen-bond donors (Lipinski definition) is 0. The topological polar surface area (TPSA) is 42.4 Å². The number of furan rings is 1. The van der Waals surface area contributed by atoms with E-state index < -0.39 is 0 Å². The highest BCUT2D eigenvalue weighted by atomic mass is 16.4. The van der Waals surface area contributed by atoms with Crippen molar-refractivity contribution >= 4 is 71.6 Å². The van der Waals surface area contributed by atoms with Crippen LogP contribution in [0.5, 0.6) is 0 Å². The molecule has 2 aromatic heterocycles. The highest BCUT2D eigenvalue weighted by molar-refractivity contribution is 6.20. The minimum atomic E-state index is 0.553. The molecule has 4 heteroatoms. The van der Waals surface area contributed by atoms with E-state index in [9.17, 15) is 0 Å². The summed E-state index contributed by atoms with van der Waals surface area (Å²) in [5.41, 5.74) is 13.5. The molecule has 61 heavy (non-hydrogen) atoms. The van der Waals surface area contributed by atoms with Gasteiger partial charge in [-0.3, -0.25) is 0 Å². The molecule has 12 aromatic rings. The third kappa shape index (κ3) is 6.04. The standard InChI is InChI=1S/C57H36N2O2/c1-3-15-40(16-4-1)50-35-47(31-32-48(50)45-26-24-38-14-8-10-20-43(38)34-45)59(46-29-27-39(28-30-46)44-25-23-37-13-7-9-19-42(37)33-44)55-54-49-21-11-12-22-52(49)60-53(54)36-51-56(55)61-57(58-51)41-17-5-2-6-18-41/h1-36H. The van der Waals surface area contributed by atoms with Gasteiger partial charge in [-0.15, -0.1) is 0 Å². The third-order valence-electron chi connectivity index (χ3n) is 11.9. The molecule has 0 unspecified atom stereocenters. The van der Waals surface area contributed by atoms with Crippen LogP contribution in [0.3, 0.4) is 0 Å². The average molecular weight is 781 g/mol. The summed E-state index contributed by atoms with van der Waals surface area (Å²) in [6, 6.07) is 77.1. The summed E-state index contributed by atoms with van der Waals surface area (Å²) >= 11 is 0.